The summed E-state index contributed by atoms with van der Waals surface area (Å²) in [5, 5.41) is 35.9. The summed E-state index contributed by atoms with van der Waals surface area (Å²) in [7, 11) is 0. The van der Waals surface area contributed by atoms with Gasteiger partial charge in [-0.3, -0.25) is 14.4 Å². The van der Waals surface area contributed by atoms with Gasteiger partial charge in [-0.25, -0.2) is 9.78 Å². The smallest absolute Gasteiger partial charge is 0.328 e. The number of nitrogens with two attached hydrogens (primary N) is 2. The molecule has 0 aliphatic carbocycles. The number of aliphatic carboxylic acids is 1. The Labute approximate surface area is 196 Å². The van der Waals surface area contributed by atoms with Gasteiger partial charge >= 0.3 is 5.97 Å². The Morgan fingerprint density at radius 2 is 1.62 bits per heavy atom. The fourth-order valence-electron chi connectivity index (χ4n) is 3.03. The van der Waals surface area contributed by atoms with Crippen molar-refractivity contribution in [1.29, 1.82) is 0 Å². The second-order valence-electron chi connectivity index (χ2n) is 8.01. The zero-order valence-electron chi connectivity index (χ0n) is 19.2. The number of carbonyl (C=O) groups is 4. The summed E-state index contributed by atoms with van der Waals surface area (Å²) in [5.41, 5.74) is 11.6. The number of hydrogen-bond donors (Lipinski definition) is 9. The highest BCUT2D eigenvalue weighted by atomic mass is 16.4. The summed E-state index contributed by atoms with van der Waals surface area (Å²) >= 11 is 0. The minimum atomic E-state index is -1.62. The molecule has 0 saturated carbocycles. The van der Waals surface area contributed by atoms with Gasteiger partial charge in [0.2, 0.25) is 17.7 Å². The van der Waals surface area contributed by atoms with Crippen molar-refractivity contribution in [2.24, 2.45) is 11.5 Å². The average molecular weight is 486 g/mol. The third kappa shape index (κ3) is 9.43. The minimum Gasteiger partial charge on any atom is -0.480 e. The highest BCUT2D eigenvalue weighted by Gasteiger charge is 2.33. The van der Waals surface area contributed by atoms with Crippen LogP contribution in [-0.2, 0) is 25.6 Å². The lowest BCUT2D eigenvalue weighted by Gasteiger charge is -2.26. The van der Waals surface area contributed by atoms with Gasteiger partial charge in [0.05, 0.1) is 30.3 Å². The number of aliphatic hydroxyl groups excluding tert-OH is 2. The van der Waals surface area contributed by atoms with Crippen LogP contribution in [0.5, 0.6) is 0 Å². The molecular weight excluding hydrogens is 450 g/mol. The van der Waals surface area contributed by atoms with Crippen LogP contribution >= 0.6 is 0 Å². The molecule has 0 aliphatic rings. The number of rotatable bonds is 15. The summed E-state index contributed by atoms with van der Waals surface area (Å²) in [5.74, 6) is -3.92. The number of H-pyrrole nitrogens is 1. The third-order valence-corrected chi connectivity index (χ3v) is 5.02. The maximum absolute atomic E-state index is 12.9. The van der Waals surface area contributed by atoms with Gasteiger partial charge in [-0.1, -0.05) is 6.42 Å². The topological polar surface area (TPSA) is 246 Å². The molecular formula is C20H35N7O7. The van der Waals surface area contributed by atoms with Crippen LogP contribution in [-0.4, -0.2) is 91.9 Å². The van der Waals surface area contributed by atoms with Crippen LogP contribution in [0.2, 0.25) is 0 Å². The number of amides is 3. The maximum atomic E-state index is 12.9. The summed E-state index contributed by atoms with van der Waals surface area (Å²) < 4.78 is 0. The number of nitrogens with one attached hydrogen (secondary N) is 4. The van der Waals surface area contributed by atoms with Crippen LogP contribution in [0.1, 0.15) is 38.8 Å². The molecule has 0 fully saturated rings. The van der Waals surface area contributed by atoms with E-state index in [-0.39, 0.29) is 6.42 Å². The van der Waals surface area contributed by atoms with Crippen LogP contribution in [0.25, 0.3) is 0 Å². The molecule has 1 rings (SSSR count). The number of unbranched alkanes of at least 4 members (excludes halogenated alkanes) is 1. The Morgan fingerprint density at radius 3 is 2.12 bits per heavy atom. The zero-order valence-corrected chi connectivity index (χ0v) is 19.2. The van der Waals surface area contributed by atoms with E-state index in [1.807, 2.05) is 0 Å². The van der Waals surface area contributed by atoms with Crippen LogP contribution in [0, 0.1) is 0 Å². The van der Waals surface area contributed by atoms with Crippen molar-refractivity contribution < 1.29 is 34.5 Å². The van der Waals surface area contributed by atoms with Crippen molar-refractivity contribution in [3.63, 3.8) is 0 Å². The molecule has 1 aromatic rings. The van der Waals surface area contributed by atoms with Gasteiger partial charge < -0.3 is 47.7 Å². The number of aromatic amines is 1. The summed E-state index contributed by atoms with van der Waals surface area (Å²) in [6.07, 6.45) is 1.57. The minimum absolute atomic E-state index is 0.133. The van der Waals surface area contributed by atoms with E-state index in [1.165, 1.54) is 26.4 Å². The Bertz CT molecular complexity index is 801. The van der Waals surface area contributed by atoms with E-state index in [2.05, 4.69) is 25.9 Å². The third-order valence-electron chi connectivity index (χ3n) is 5.02. The van der Waals surface area contributed by atoms with E-state index in [1.54, 1.807) is 0 Å². The predicted molar refractivity (Wildman–Crippen MR) is 120 cm³/mol. The molecule has 14 nitrogen and oxygen atoms in total. The molecule has 11 N–H and O–H groups in total. The molecule has 1 heterocycles. The van der Waals surface area contributed by atoms with Crippen LogP contribution in [0.15, 0.2) is 12.5 Å². The summed E-state index contributed by atoms with van der Waals surface area (Å²) in [4.78, 5) is 56.1. The second-order valence-corrected chi connectivity index (χ2v) is 8.01. The predicted octanol–water partition coefficient (Wildman–Crippen LogP) is -3.29. The molecule has 0 bridgehead atoms. The van der Waals surface area contributed by atoms with Crippen molar-refractivity contribution in [2.75, 3.05) is 6.54 Å². The molecule has 34 heavy (non-hydrogen) atoms. The number of aliphatic hydroxyl groups is 2. The van der Waals surface area contributed by atoms with Gasteiger partial charge in [-0.05, 0) is 33.2 Å². The van der Waals surface area contributed by atoms with E-state index in [9.17, 15) is 34.5 Å². The summed E-state index contributed by atoms with van der Waals surface area (Å²) in [6, 6.07) is -5.31. The van der Waals surface area contributed by atoms with E-state index in [0.29, 0.717) is 31.5 Å². The van der Waals surface area contributed by atoms with E-state index in [4.69, 9.17) is 11.5 Å². The van der Waals surface area contributed by atoms with Crippen molar-refractivity contribution in [3.8, 4) is 0 Å². The number of imidazole rings is 1. The lowest BCUT2D eigenvalue weighted by molar-refractivity contribution is -0.145. The molecule has 0 aliphatic heterocycles. The van der Waals surface area contributed by atoms with Gasteiger partial charge in [0.15, 0.2) is 6.04 Å². The Morgan fingerprint density at radius 1 is 1.00 bits per heavy atom. The largest absolute Gasteiger partial charge is 0.480 e. The molecule has 0 radical (unpaired) electrons. The van der Waals surface area contributed by atoms with Gasteiger partial charge in [-0.15, -0.1) is 0 Å². The average Bonchev–Trinajstić information content (AvgIpc) is 3.27. The van der Waals surface area contributed by atoms with Crippen LogP contribution in [0.3, 0.4) is 0 Å². The quantitative estimate of drug-likeness (QED) is 0.112. The molecule has 6 atom stereocenters. The first-order chi connectivity index (χ1) is 16.0. The first-order valence-electron chi connectivity index (χ1n) is 10.9. The number of carbonyl (C=O) groups excluding carboxylic acids is 3. The van der Waals surface area contributed by atoms with Crippen LogP contribution in [0.4, 0.5) is 0 Å². The number of aromatic nitrogens is 2. The molecule has 0 saturated heterocycles. The van der Waals surface area contributed by atoms with Crippen molar-refractivity contribution >= 4 is 23.7 Å². The standard InChI is InChI=1S/C20H35N7O7/c1-10(28)15(26-17(30)13(22)5-3-4-6-21)19(32)25-14(7-12-8-23-9-24-12)18(31)27-16(11(2)29)20(33)34/h8-11,13-16,28-29H,3-7,21-22H2,1-2H3,(H,23,24)(H,25,32)(H,26,30)(H,27,31)(H,33,34)/t10-,11-,13+,14+,15+,16+/m1/s1. The van der Waals surface area contributed by atoms with Gasteiger partial charge in [0.1, 0.15) is 12.1 Å². The number of carboxylic acid groups (broad SMARTS) is 1. The lowest BCUT2D eigenvalue weighted by atomic mass is 10.1. The zero-order chi connectivity index (χ0) is 25.8. The fourth-order valence-corrected chi connectivity index (χ4v) is 3.03. The van der Waals surface area contributed by atoms with E-state index in [0.717, 1.165) is 0 Å². The number of hydrogen-bond acceptors (Lipinski definition) is 9. The second kappa shape index (κ2) is 14.2. The maximum Gasteiger partial charge on any atom is 0.328 e. The van der Waals surface area contributed by atoms with Gasteiger partial charge in [0, 0.05) is 12.6 Å². The first-order valence-corrected chi connectivity index (χ1v) is 10.9. The molecule has 0 spiro atoms. The molecule has 0 unspecified atom stereocenters. The Hall–Kier alpha value is -3.07. The van der Waals surface area contributed by atoms with E-state index >= 15 is 0 Å². The molecule has 1 aromatic heterocycles. The molecule has 192 valence electrons. The molecule has 14 heteroatoms. The summed E-state index contributed by atoms with van der Waals surface area (Å²) in [6.45, 7) is 2.92. The molecule has 3 amide bonds. The van der Waals surface area contributed by atoms with Crippen molar-refractivity contribution in [1.82, 2.24) is 25.9 Å². The number of nitrogens with zero attached hydrogens (tertiary/aromatic N) is 1. The lowest BCUT2D eigenvalue weighted by Crippen LogP contribution is -2.60. The Balaban J connectivity index is 2.97. The molecule has 0 aromatic carbocycles. The normalized spacial score (nSPS) is 16.4. The first kappa shape index (κ1) is 29.0. The van der Waals surface area contributed by atoms with Crippen molar-refractivity contribution in [3.05, 3.63) is 18.2 Å². The van der Waals surface area contributed by atoms with Gasteiger partial charge in [0.25, 0.3) is 0 Å². The van der Waals surface area contributed by atoms with Gasteiger partial charge in [-0.2, -0.15) is 0 Å². The van der Waals surface area contributed by atoms with E-state index < -0.39 is 60.1 Å². The van der Waals surface area contributed by atoms with Crippen LogP contribution < -0.4 is 27.4 Å². The number of carboxylic acids is 1. The Kier molecular flexibility index (Phi) is 12.1. The highest BCUT2D eigenvalue weighted by molar-refractivity contribution is 5.94. The highest BCUT2D eigenvalue weighted by Crippen LogP contribution is 2.05. The fraction of sp³-hybridized carbons (Fsp3) is 0.650. The SMILES string of the molecule is C[C@@H](O)[C@H](NC(=O)[C@H](Cc1c[nH]cn1)NC(=O)[C@@H](NC(=O)[C@@H](N)CCCCN)[C@@H](C)O)C(=O)O. The van der Waals surface area contributed by atoms with Crippen molar-refractivity contribution in [2.45, 2.75) is 75.9 Å². The monoisotopic (exact) mass is 485 g/mol.